The zero-order valence-electron chi connectivity index (χ0n) is 11.0. The first-order valence-corrected chi connectivity index (χ1v) is 6.73. The van der Waals surface area contributed by atoms with Crippen molar-refractivity contribution in [3.05, 3.63) is 16.1 Å². The fourth-order valence-corrected chi connectivity index (χ4v) is 2.34. The first-order chi connectivity index (χ1) is 8.66. The van der Waals surface area contributed by atoms with Crippen molar-refractivity contribution in [2.24, 2.45) is 0 Å². The molecule has 0 atom stereocenters. The van der Waals surface area contributed by atoms with Crippen molar-refractivity contribution in [2.45, 2.75) is 45.2 Å². The average molecular weight is 295 g/mol. The minimum atomic E-state index is -4.19. The van der Waals surface area contributed by atoms with Gasteiger partial charge in [0.05, 0.1) is 17.3 Å². The number of alkyl halides is 3. The number of aromatic nitrogens is 1. The summed E-state index contributed by atoms with van der Waals surface area (Å²) in [7, 11) is 0. The van der Waals surface area contributed by atoms with Gasteiger partial charge in [-0.3, -0.25) is 4.79 Å². The van der Waals surface area contributed by atoms with Crippen LogP contribution in [0.4, 0.5) is 13.2 Å². The molecule has 0 bridgehead atoms. The van der Waals surface area contributed by atoms with Crippen LogP contribution >= 0.6 is 11.3 Å². The number of halogens is 3. The monoisotopic (exact) mass is 295 g/mol. The van der Waals surface area contributed by atoms with Crippen molar-refractivity contribution in [1.29, 1.82) is 0 Å². The summed E-state index contributed by atoms with van der Waals surface area (Å²) in [5, 5.41) is 1.99. The van der Waals surface area contributed by atoms with E-state index >= 15 is 0 Å². The topological polar surface area (TPSA) is 39.2 Å². The molecule has 108 valence electrons. The molecule has 1 heterocycles. The fraction of sp³-hybridized carbons (Fsp3) is 0.667. The second-order valence-electron chi connectivity index (χ2n) is 4.59. The summed E-state index contributed by atoms with van der Waals surface area (Å²) in [6.45, 7) is 5.25. The summed E-state index contributed by atoms with van der Waals surface area (Å²) < 4.78 is 41.3. The van der Waals surface area contributed by atoms with E-state index in [0.29, 0.717) is 10.7 Å². The van der Waals surface area contributed by atoms with E-state index in [9.17, 15) is 18.0 Å². The molecular weight excluding hydrogens is 279 g/mol. The van der Waals surface area contributed by atoms with Crippen LogP contribution in [0.2, 0.25) is 0 Å². The maximum atomic E-state index is 12.1. The summed E-state index contributed by atoms with van der Waals surface area (Å²) in [4.78, 5) is 15.9. The van der Waals surface area contributed by atoms with Gasteiger partial charge >= 0.3 is 12.1 Å². The first-order valence-electron chi connectivity index (χ1n) is 5.85. The number of rotatable bonds is 5. The van der Waals surface area contributed by atoms with Crippen LogP contribution in [0.3, 0.4) is 0 Å². The summed E-state index contributed by atoms with van der Waals surface area (Å²) >= 11 is 1.13. The van der Waals surface area contributed by atoms with Crippen LogP contribution in [0, 0.1) is 0 Å². The highest BCUT2D eigenvalue weighted by atomic mass is 32.1. The normalized spacial score (nSPS) is 12.5. The van der Waals surface area contributed by atoms with Gasteiger partial charge in [0.2, 0.25) is 0 Å². The second-order valence-corrected chi connectivity index (χ2v) is 5.53. The molecule has 0 N–H and O–H groups in total. The van der Waals surface area contributed by atoms with Gasteiger partial charge in [0.25, 0.3) is 0 Å². The lowest BCUT2D eigenvalue weighted by molar-refractivity contribution is -0.149. The van der Waals surface area contributed by atoms with Crippen molar-refractivity contribution in [3.8, 4) is 0 Å². The number of aryl methyl sites for hydroxylation is 1. The molecule has 0 radical (unpaired) electrons. The lowest BCUT2D eigenvalue weighted by Crippen LogP contribution is -2.31. The fourth-order valence-electron chi connectivity index (χ4n) is 1.38. The molecule has 3 nitrogen and oxygen atoms in total. The van der Waals surface area contributed by atoms with E-state index in [1.807, 2.05) is 0 Å². The summed E-state index contributed by atoms with van der Waals surface area (Å²) in [5.41, 5.74) is -0.490. The predicted octanol–water partition coefficient (Wildman–Crippen LogP) is 3.48. The molecule has 0 saturated carbocycles. The standard InChI is InChI=1S/C12H16F3NO2S/c1-4-18-10(17)11(2,3)8-7-19-9(16-8)5-6-12(13,14)15/h7H,4-6H2,1-3H3. The highest BCUT2D eigenvalue weighted by molar-refractivity contribution is 7.09. The second kappa shape index (κ2) is 5.90. The number of ether oxygens (including phenoxy) is 1. The molecule has 1 aromatic rings. The third-order valence-electron chi connectivity index (χ3n) is 2.60. The van der Waals surface area contributed by atoms with Crippen molar-refractivity contribution in [2.75, 3.05) is 6.61 Å². The summed E-state index contributed by atoms with van der Waals surface area (Å²) in [5.74, 6) is -0.428. The molecule has 0 aliphatic rings. The highest BCUT2D eigenvalue weighted by Gasteiger charge is 2.34. The van der Waals surface area contributed by atoms with Gasteiger partial charge in [0, 0.05) is 18.2 Å². The molecule has 19 heavy (non-hydrogen) atoms. The Hall–Kier alpha value is -1.11. The van der Waals surface area contributed by atoms with Gasteiger partial charge in [0.1, 0.15) is 5.41 Å². The Morgan fingerprint density at radius 1 is 1.42 bits per heavy atom. The van der Waals surface area contributed by atoms with E-state index < -0.39 is 24.0 Å². The van der Waals surface area contributed by atoms with E-state index in [0.717, 1.165) is 11.3 Å². The van der Waals surface area contributed by atoms with Crippen LogP contribution in [0.1, 0.15) is 37.9 Å². The van der Waals surface area contributed by atoms with E-state index in [-0.39, 0.29) is 13.0 Å². The van der Waals surface area contributed by atoms with Gasteiger partial charge in [0.15, 0.2) is 0 Å². The number of hydrogen-bond acceptors (Lipinski definition) is 4. The van der Waals surface area contributed by atoms with E-state index in [1.54, 1.807) is 26.2 Å². The Balaban J connectivity index is 2.76. The minimum Gasteiger partial charge on any atom is -0.465 e. The Bertz CT molecular complexity index is 440. The maximum absolute atomic E-state index is 12.1. The number of carbonyl (C=O) groups is 1. The van der Waals surface area contributed by atoms with E-state index in [2.05, 4.69) is 4.98 Å². The third-order valence-corrected chi connectivity index (χ3v) is 3.51. The molecule has 0 aliphatic carbocycles. The quantitative estimate of drug-likeness (QED) is 0.781. The predicted molar refractivity (Wildman–Crippen MR) is 66.1 cm³/mol. The minimum absolute atomic E-state index is 0.160. The molecule has 0 saturated heterocycles. The van der Waals surface area contributed by atoms with Crippen LogP contribution in [0.5, 0.6) is 0 Å². The summed E-state index contributed by atoms with van der Waals surface area (Å²) in [6.07, 6.45) is -5.25. The van der Waals surface area contributed by atoms with Gasteiger partial charge < -0.3 is 4.74 Å². The number of nitrogens with zero attached hydrogens (tertiary/aromatic N) is 1. The third kappa shape index (κ3) is 4.49. The van der Waals surface area contributed by atoms with Gasteiger partial charge in [-0.05, 0) is 20.8 Å². The van der Waals surface area contributed by atoms with Crippen molar-refractivity contribution < 1.29 is 22.7 Å². The Morgan fingerprint density at radius 3 is 2.58 bits per heavy atom. The van der Waals surface area contributed by atoms with Gasteiger partial charge in [-0.1, -0.05) is 0 Å². The van der Waals surface area contributed by atoms with Crippen LogP contribution < -0.4 is 0 Å². The summed E-state index contributed by atoms with van der Waals surface area (Å²) in [6, 6.07) is 0. The lowest BCUT2D eigenvalue weighted by Gasteiger charge is -2.19. The molecule has 0 spiro atoms. The van der Waals surface area contributed by atoms with Crippen molar-refractivity contribution >= 4 is 17.3 Å². The smallest absolute Gasteiger partial charge is 0.389 e. The zero-order chi connectivity index (χ0) is 14.7. The largest absolute Gasteiger partial charge is 0.465 e. The molecular formula is C12H16F3NO2S. The van der Waals surface area contributed by atoms with Crippen LogP contribution in [-0.4, -0.2) is 23.7 Å². The Labute approximate surface area is 113 Å². The van der Waals surface area contributed by atoms with Crippen molar-refractivity contribution in [1.82, 2.24) is 4.98 Å². The Kier molecular flexibility index (Phi) is 4.95. The van der Waals surface area contributed by atoms with Crippen LogP contribution in [-0.2, 0) is 21.4 Å². The molecule has 0 aliphatic heterocycles. The molecule has 1 aromatic heterocycles. The van der Waals surface area contributed by atoms with Gasteiger partial charge in [-0.15, -0.1) is 11.3 Å². The lowest BCUT2D eigenvalue weighted by atomic mass is 9.90. The van der Waals surface area contributed by atoms with E-state index in [1.165, 1.54) is 0 Å². The number of esters is 1. The van der Waals surface area contributed by atoms with Gasteiger partial charge in [-0.25, -0.2) is 4.98 Å². The highest BCUT2D eigenvalue weighted by Crippen LogP contribution is 2.28. The number of thiazole rings is 1. The van der Waals surface area contributed by atoms with Crippen LogP contribution in [0.15, 0.2) is 5.38 Å². The number of carbonyl (C=O) groups excluding carboxylic acids is 1. The first kappa shape index (κ1) is 15.9. The molecule has 0 unspecified atom stereocenters. The van der Waals surface area contributed by atoms with Crippen LogP contribution in [0.25, 0.3) is 0 Å². The molecule has 0 fully saturated rings. The SMILES string of the molecule is CCOC(=O)C(C)(C)c1csc(CCC(F)(F)F)n1. The van der Waals surface area contributed by atoms with Gasteiger partial charge in [-0.2, -0.15) is 13.2 Å². The maximum Gasteiger partial charge on any atom is 0.389 e. The number of hydrogen-bond donors (Lipinski definition) is 0. The molecule has 1 rings (SSSR count). The molecule has 7 heteroatoms. The van der Waals surface area contributed by atoms with Crippen molar-refractivity contribution in [3.63, 3.8) is 0 Å². The molecule has 0 amide bonds. The molecule has 0 aromatic carbocycles. The Morgan fingerprint density at radius 2 is 2.05 bits per heavy atom. The van der Waals surface area contributed by atoms with E-state index in [4.69, 9.17) is 4.74 Å². The average Bonchev–Trinajstić information content (AvgIpc) is 2.75. The zero-order valence-corrected chi connectivity index (χ0v) is 11.8.